The molecule has 0 spiro atoms. The third kappa shape index (κ3) is 0.903. The highest BCUT2D eigenvalue weighted by Crippen LogP contribution is 2.36. The molecule has 1 aromatic carbocycles. The first-order valence-electron chi connectivity index (χ1n) is 4.37. The number of fused-ring (bicyclic) bond motifs is 3. The zero-order chi connectivity index (χ0) is 8.67. The summed E-state index contributed by atoms with van der Waals surface area (Å²) in [6.45, 7) is 0. The lowest BCUT2D eigenvalue weighted by Gasteiger charge is -2.09. The van der Waals surface area contributed by atoms with Gasteiger partial charge in [-0.25, -0.2) is 0 Å². The highest BCUT2D eigenvalue weighted by Gasteiger charge is 2.23. The van der Waals surface area contributed by atoms with Crippen molar-refractivity contribution in [2.75, 3.05) is 0 Å². The summed E-state index contributed by atoms with van der Waals surface area (Å²) in [5.41, 5.74) is 3.93. The lowest BCUT2D eigenvalue weighted by Crippen LogP contribution is -2.00. The molecule has 1 radical (unpaired) electrons. The Morgan fingerprint density at radius 1 is 1.23 bits per heavy atom. The van der Waals surface area contributed by atoms with Crippen LogP contribution in [0.15, 0.2) is 47.1 Å². The van der Waals surface area contributed by atoms with Crippen molar-refractivity contribution in [3.05, 3.63) is 53.2 Å². The van der Waals surface area contributed by atoms with Gasteiger partial charge in [-0.3, -0.25) is 4.99 Å². The van der Waals surface area contributed by atoms with Crippen molar-refractivity contribution < 1.29 is 0 Å². The first kappa shape index (κ1) is 6.84. The molecule has 0 N–H and O–H groups in total. The molecule has 1 aliphatic heterocycles. The van der Waals surface area contributed by atoms with Crippen molar-refractivity contribution in [2.45, 2.75) is 5.92 Å². The fourth-order valence-electron chi connectivity index (χ4n) is 1.88. The molecular weight excluding hydrogens is 158 g/mol. The van der Waals surface area contributed by atoms with E-state index in [1.165, 1.54) is 16.7 Å². The van der Waals surface area contributed by atoms with Gasteiger partial charge in [-0.2, -0.15) is 0 Å². The van der Waals surface area contributed by atoms with Crippen LogP contribution >= 0.6 is 0 Å². The number of hydrogen-bond donors (Lipinski definition) is 0. The van der Waals surface area contributed by atoms with Gasteiger partial charge in [-0.05, 0) is 22.8 Å². The van der Waals surface area contributed by atoms with Gasteiger partial charge >= 0.3 is 0 Å². The van der Waals surface area contributed by atoms with Crippen LogP contribution in [0.3, 0.4) is 0 Å². The van der Waals surface area contributed by atoms with Gasteiger partial charge in [0.1, 0.15) is 0 Å². The van der Waals surface area contributed by atoms with E-state index in [0.717, 1.165) is 0 Å². The van der Waals surface area contributed by atoms with Gasteiger partial charge in [-0.15, -0.1) is 0 Å². The van der Waals surface area contributed by atoms with Gasteiger partial charge in [0.25, 0.3) is 0 Å². The number of aliphatic imine (C=N–C) groups is 1. The molecule has 1 heteroatoms. The van der Waals surface area contributed by atoms with Gasteiger partial charge in [0, 0.05) is 6.20 Å². The van der Waals surface area contributed by atoms with Crippen molar-refractivity contribution in [3.63, 3.8) is 0 Å². The topological polar surface area (TPSA) is 12.4 Å². The summed E-state index contributed by atoms with van der Waals surface area (Å²) in [5.74, 6) is 0.279. The van der Waals surface area contributed by atoms with Gasteiger partial charge in [0.15, 0.2) is 0 Å². The standard InChI is InChI=1S/C12H8N/c1-2-4-11-9(3-1)7-10-5-6-13-8-12(10)11/h1-7,12H. The zero-order valence-corrected chi connectivity index (χ0v) is 7.07. The van der Waals surface area contributed by atoms with Crippen molar-refractivity contribution in [2.24, 2.45) is 4.99 Å². The van der Waals surface area contributed by atoms with E-state index in [9.17, 15) is 0 Å². The molecule has 1 aromatic rings. The molecule has 1 unspecified atom stereocenters. The average Bonchev–Trinajstić information content (AvgIpc) is 2.56. The number of benzene rings is 1. The summed E-state index contributed by atoms with van der Waals surface area (Å²) < 4.78 is 0. The van der Waals surface area contributed by atoms with E-state index >= 15 is 0 Å². The molecule has 0 amide bonds. The molecule has 0 saturated heterocycles. The molecule has 0 fully saturated rings. The predicted molar refractivity (Wildman–Crippen MR) is 53.7 cm³/mol. The molecule has 61 valence electrons. The third-order valence-corrected chi connectivity index (χ3v) is 2.51. The fourth-order valence-corrected chi connectivity index (χ4v) is 1.88. The van der Waals surface area contributed by atoms with Gasteiger partial charge in [0.05, 0.1) is 12.1 Å². The molecule has 2 aliphatic rings. The van der Waals surface area contributed by atoms with Gasteiger partial charge in [0.2, 0.25) is 0 Å². The summed E-state index contributed by atoms with van der Waals surface area (Å²) in [6, 6.07) is 8.41. The smallest absolute Gasteiger partial charge is 0.0746 e. The average molecular weight is 166 g/mol. The Kier molecular flexibility index (Phi) is 1.28. The zero-order valence-electron chi connectivity index (χ0n) is 7.07. The van der Waals surface area contributed by atoms with E-state index < -0.39 is 0 Å². The highest BCUT2D eigenvalue weighted by atomic mass is 14.7. The van der Waals surface area contributed by atoms with Crippen LogP contribution in [0.1, 0.15) is 17.0 Å². The minimum Gasteiger partial charge on any atom is -0.258 e. The summed E-state index contributed by atoms with van der Waals surface area (Å²) in [5, 5.41) is 0. The van der Waals surface area contributed by atoms with E-state index in [0.29, 0.717) is 0 Å². The maximum atomic E-state index is 4.05. The Bertz CT molecular complexity index is 438. The predicted octanol–water partition coefficient (Wildman–Crippen LogP) is 2.64. The van der Waals surface area contributed by atoms with Gasteiger partial charge in [-0.1, -0.05) is 30.3 Å². The molecule has 0 saturated carbocycles. The molecule has 1 aliphatic carbocycles. The Hall–Kier alpha value is -1.63. The molecule has 1 heterocycles. The molecule has 0 aromatic heterocycles. The van der Waals surface area contributed by atoms with Crippen molar-refractivity contribution >= 4 is 12.3 Å². The SMILES string of the molecule is [C]1=NC=CC2=Cc3ccccc3C12. The van der Waals surface area contributed by atoms with Crippen LogP contribution in [0.25, 0.3) is 6.08 Å². The molecule has 3 rings (SSSR count). The van der Waals surface area contributed by atoms with E-state index in [-0.39, 0.29) is 5.92 Å². The van der Waals surface area contributed by atoms with Crippen molar-refractivity contribution in [1.29, 1.82) is 0 Å². The maximum absolute atomic E-state index is 4.05. The number of rotatable bonds is 0. The van der Waals surface area contributed by atoms with Crippen LogP contribution in [0, 0.1) is 0 Å². The lowest BCUT2D eigenvalue weighted by atomic mass is 9.96. The summed E-state index contributed by atoms with van der Waals surface area (Å²) in [4.78, 5) is 4.05. The van der Waals surface area contributed by atoms with Crippen molar-refractivity contribution in [3.8, 4) is 0 Å². The van der Waals surface area contributed by atoms with Crippen LogP contribution in [0.4, 0.5) is 0 Å². The van der Waals surface area contributed by atoms with Crippen molar-refractivity contribution in [1.82, 2.24) is 0 Å². The Morgan fingerprint density at radius 2 is 2.15 bits per heavy atom. The fraction of sp³-hybridized carbons (Fsp3) is 0.0833. The highest BCUT2D eigenvalue weighted by molar-refractivity contribution is 5.86. The minimum atomic E-state index is 0.279. The van der Waals surface area contributed by atoms with Gasteiger partial charge < -0.3 is 0 Å². The second-order valence-electron chi connectivity index (χ2n) is 3.28. The summed E-state index contributed by atoms with van der Waals surface area (Å²) >= 11 is 0. The van der Waals surface area contributed by atoms with Crippen LogP contribution in [-0.2, 0) is 0 Å². The number of allylic oxidation sites excluding steroid dienone is 2. The minimum absolute atomic E-state index is 0.279. The third-order valence-electron chi connectivity index (χ3n) is 2.51. The van der Waals surface area contributed by atoms with E-state index in [4.69, 9.17) is 0 Å². The first-order valence-corrected chi connectivity index (χ1v) is 4.37. The largest absolute Gasteiger partial charge is 0.258 e. The number of nitrogens with zero attached hydrogens (tertiary/aromatic N) is 1. The normalized spacial score (nSPS) is 22.5. The molecular formula is C12H8N. The number of hydrogen-bond acceptors (Lipinski definition) is 1. The Morgan fingerprint density at radius 3 is 3.15 bits per heavy atom. The lowest BCUT2D eigenvalue weighted by molar-refractivity contribution is 1.12. The monoisotopic (exact) mass is 166 g/mol. The van der Waals surface area contributed by atoms with E-state index in [2.05, 4.69) is 47.6 Å². The Labute approximate surface area is 77.1 Å². The van der Waals surface area contributed by atoms with Crippen LogP contribution in [0.5, 0.6) is 0 Å². The molecule has 0 bridgehead atoms. The van der Waals surface area contributed by atoms with Crippen LogP contribution in [-0.4, -0.2) is 6.21 Å². The molecule has 13 heavy (non-hydrogen) atoms. The quantitative estimate of drug-likeness (QED) is 0.561. The maximum Gasteiger partial charge on any atom is 0.0746 e. The second kappa shape index (κ2) is 2.43. The second-order valence-corrected chi connectivity index (χ2v) is 3.28. The molecule has 1 atom stereocenters. The Balaban J connectivity index is 2.22. The van der Waals surface area contributed by atoms with Crippen LogP contribution < -0.4 is 0 Å². The molecule has 1 nitrogen and oxygen atoms in total. The summed E-state index contributed by atoms with van der Waals surface area (Å²) in [6.07, 6.45) is 9.17. The van der Waals surface area contributed by atoms with E-state index in [1.807, 2.05) is 0 Å². The van der Waals surface area contributed by atoms with E-state index in [1.54, 1.807) is 6.20 Å². The van der Waals surface area contributed by atoms with Crippen LogP contribution in [0.2, 0.25) is 0 Å². The first-order chi connectivity index (χ1) is 6.45. The summed E-state index contributed by atoms with van der Waals surface area (Å²) in [7, 11) is 0.